The van der Waals surface area contributed by atoms with Crippen LogP contribution in [-0.2, 0) is 4.74 Å². The second-order valence-electron chi connectivity index (χ2n) is 6.12. The van der Waals surface area contributed by atoms with E-state index < -0.39 is 17.9 Å². The molecule has 5 heteroatoms. The minimum Gasteiger partial charge on any atom is -0.470 e. The van der Waals surface area contributed by atoms with Gasteiger partial charge < -0.3 is 9.47 Å². The van der Waals surface area contributed by atoms with Gasteiger partial charge in [0.15, 0.2) is 12.0 Å². The molecule has 2 rings (SSSR count). The highest BCUT2D eigenvalue weighted by atomic mass is 16.6. The van der Waals surface area contributed by atoms with Gasteiger partial charge in [0.2, 0.25) is 0 Å². The van der Waals surface area contributed by atoms with Crippen molar-refractivity contribution in [2.24, 2.45) is 0 Å². The quantitative estimate of drug-likeness (QED) is 0.797. The third-order valence-electron chi connectivity index (χ3n) is 3.18. The standard InChI is InChI=1S/C16H21NO4/c1-16(2,3)21-15(19)17(4)14-10-9-12(18)11-7-5-6-8-13(11)20-14/h5-8,14H,9-10H2,1-4H3. The highest BCUT2D eigenvalue weighted by molar-refractivity contribution is 5.99. The molecule has 0 radical (unpaired) electrons. The van der Waals surface area contributed by atoms with E-state index in [1.807, 2.05) is 26.8 Å². The first-order valence-corrected chi connectivity index (χ1v) is 7.02. The molecule has 5 nitrogen and oxygen atoms in total. The Morgan fingerprint density at radius 1 is 1.33 bits per heavy atom. The molecule has 1 aliphatic rings. The maximum absolute atomic E-state index is 12.1. The number of amides is 1. The molecule has 0 aliphatic carbocycles. The third kappa shape index (κ3) is 3.74. The van der Waals surface area contributed by atoms with Crippen LogP contribution in [0.5, 0.6) is 5.75 Å². The molecular weight excluding hydrogens is 270 g/mol. The smallest absolute Gasteiger partial charge is 0.412 e. The summed E-state index contributed by atoms with van der Waals surface area (Å²) in [5.41, 5.74) is 0.00154. The fourth-order valence-electron chi connectivity index (χ4n) is 2.12. The van der Waals surface area contributed by atoms with Crippen molar-refractivity contribution < 1.29 is 19.1 Å². The van der Waals surface area contributed by atoms with Gasteiger partial charge in [-0.3, -0.25) is 9.69 Å². The van der Waals surface area contributed by atoms with Crippen LogP contribution < -0.4 is 4.74 Å². The molecule has 0 aromatic heterocycles. The number of hydrogen-bond acceptors (Lipinski definition) is 4. The van der Waals surface area contributed by atoms with Gasteiger partial charge in [0.05, 0.1) is 5.56 Å². The van der Waals surface area contributed by atoms with Crippen LogP contribution in [0, 0.1) is 0 Å². The topological polar surface area (TPSA) is 55.8 Å². The van der Waals surface area contributed by atoms with Gasteiger partial charge in [-0.2, -0.15) is 0 Å². The van der Waals surface area contributed by atoms with E-state index in [2.05, 4.69) is 0 Å². The number of benzene rings is 1. The normalized spacial score (nSPS) is 18.3. The van der Waals surface area contributed by atoms with Crippen LogP contribution in [-0.4, -0.2) is 35.7 Å². The van der Waals surface area contributed by atoms with Gasteiger partial charge in [0.1, 0.15) is 11.4 Å². The van der Waals surface area contributed by atoms with Crippen molar-refractivity contribution in [1.29, 1.82) is 0 Å². The molecule has 0 saturated heterocycles. The summed E-state index contributed by atoms with van der Waals surface area (Å²) in [5, 5.41) is 0. The first-order chi connectivity index (χ1) is 9.78. The number of ketones is 1. The largest absolute Gasteiger partial charge is 0.470 e. The second kappa shape index (κ2) is 5.76. The van der Waals surface area contributed by atoms with Gasteiger partial charge in [-0.1, -0.05) is 12.1 Å². The number of hydrogen-bond donors (Lipinski definition) is 0. The molecule has 1 amide bonds. The lowest BCUT2D eigenvalue weighted by molar-refractivity contribution is -0.0121. The van der Waals surface area contributed by atoms with Crippen LogP contribution in [0.1, 0.15) is 44.0 Å². The Hall–Kier alpha value is -2.04. The van der Waals surface area contributed by atoms with E-state index in [1.54, 1.807) is 25.2 Å². The Morgan fingerprint density at radius 3 is 2.67 bits per heavy atom. The van der Waals surface area contributed by atoms with Crippen molar-refractivity contribution in [2.45, 2.75) is 45.4 Å². The van der Waals surface area contributed by atoms with Crippen molar-refractivity contribution in [3.63, 3.8) is 0 Å². The number of carbonyl (C=O) groups is 2. The molecule has 0 N–H and O–H groups in total. The highest BCUT2D eigenvalue weighted by Gasteiger charge is 2.30. The summed E-state index contributed by atoms with van der Waals surface area (Å²) < 4.78 is 11.2. The average Bonchev–Trinajstić information content (AvgIpc) is 2.56. The second-order valence-corrected chi connectivity index (χ2v) is 6.12. The van der Waals surface area contributed by atoms with Crippen molar-refractivity contribution in [3.8, 4) is 5.75 Å². The molecule has 0 bridgehead atoms. The van der Waals surface area contributed by atoms with E-state index in [0.29, 0.717) is 24.2 Å². The van der Waals surface area contributed by atoms with Crippen LogP contribution in [0.3, 0.4) is 0 Å². The third-order valence-corrected chi connectivity index (χ3v) is 3.18. The van der Waals surface area contributed by atoms with E-state index in [-0.39, 0.29) is 5.78 Å². The number of ether oxygens (including phenoxy) is 2. The molecule has 1 aliphatic heterocycles. The maximum atomic E-state index is 12.1. The summed E-state index contributed by atoms with van der Waals surface area (Å²) in [4.78, 5) is 25.6. The van der Waals surface area contributed by atoms with Crippen LogP contribution >= 0.6 is 0 Å². The number of rotatable bonds is 1. The van der Waals surface area contributed by atoms with Crippen molar-refractivity contribution in [1.82, 2.24) is 4.90 Å². The number of para-hydroxylation sites is 1. The van der Waals surface area contributed by atoms with Crippen LogP contribution in [0.15, 0.2) is 24.3 Å². The molecule has 1 aromatic carbocycles. The number of Topliss-reactive ketones (excluding diaryl/α,β-unsaturated/α-hetero) is 1. The summed E-state index contributed by atoms with van der Waals surface area (Å²) in [6.07, 6.45) is -0.176. The summed E-state index contributed by atoms with van der Waals surface area (Å²) in [7, 11) is 1.62. The molecule has 114 valence electrons. The highest BCUT2D eigenvalue weighted by Crippen LogP contribution is 2.27. The van der Waals surface area contributed by atoms with Crippen LogP contribution in [0.25, 0.3) is 0 Å². The predicted octanol–water partition coefficient (Wildman–Crippen LogP) is 3.23. The number of carbonyl (C=O) groups excluding carboxylic acids is 2. The first-order valence-electron chi connectivity index (χ1n) is 7.02. The SMILES string of the molecule is CN(C(=O)OC(C)(C)C)C1CCC(=O)c2ccccc2O1. The molecule has 1 unspecified atom stereocenters. The Balaban J connectivity index is 2.15. The van der Waals surface area contributed by atoms with Gasteiger partial charge in [-0.25, -0.2) is 4.79 Å². The van der Waals surface area contributed by atoms with Crippen LogP contribution in [0.4, 0.5) is 4.79 Å². The average molecular weight is 291 g/mol. The zero-order valence-electron chi connectivity index (χ0n) is 12.9. The fourth-order valence-corrected chi connectivity index (χ4v) is 2.12. The van der Waals surface area contributed by atoms with Gasteiger partial charge in [-0.15, -0.1) is 0 Å². The molecular formula is C16H21NO4. The molecule has 1 heterocycles. The summed E-state index contributed by atoms with van der Waals surface area (Å²) >= 11 is 0. The van der Waals surface area contributed by atoms with Crippen molar-refractivity contribution in [2.75, 3.05) is 7.05 Å². The summed E-state index contributed by atoms with van der Waals surface area (Å²) in [5.74, 6) is 0.547. The van der Waals surface area contributed by atoms with E-state index in [1.165, 1.54) is 4.90 Å². The van der Waals surface area contributed by atoms with Gasteiger partial charge in [0.25, 0.3) is 0 Å². The molecule has 1 aromatic rings. The molecule has 0 saturated carbocycles. The Labute approximate surface area is 124 Å². The fraction of sp³-hybridized carbons (Fsp3) is 0.500. The summed E-state index contributed by atoms with van der Waals surface area (Å²) in [6, 6.07) is 7.10. The Kier molecular flexibility index (Phi) is 4.21. The van der Waals surface area contributed by atoms with Gasteiger partial charge in [0, 0.05) is 19.9 Å². The zero-order chi connectivity index (χ0) is 15.6. The van der Waals surface area contributed by atoms with E-state index in [0.717, 1.165) is 0 Å². The molecule has 1 atom stereocenters. The van der Waals surface area contributed by atoms with E-state index >= 15 is 0 Å². The van der Waals surface area contributed by atoms with Gasteiger partial charge >= 0.3 is 6.09 Å². The van der Waals surface area contributed by atoms with Crippen molar-refractivity contribution in [3.05, 3.63) is 29.8 Å². The summed E-state index contributed by atoms with van der Waals surface area (Å²) in [6.45, 7) is 5.43. The van der Waals surface area contributed by atoms with E-state index in [4.69, 9.17) is 9.47 Å². The maximum Gasteiger partial charge on any atom is 0.412 e. The van der Waals surface area contributed by atoms with Gasteiger partial charge in [-0.05, 0) is 32.9 Å². The van der Waals surface area contributed by atoms with Crippen LogP contribution in [0.2, 0.25) is 0 Å². The Morgan fingerprint density at radius 2 is 2.00 bits per heavy atom. The number of nitrogens with zero attached hydrogens (tertiary/aromatic N) is 1. The lowest BCUT2D eigenvalue weighted by atomic mass is 10.1. The monoisotopic (exact) mass is 291 g/mol. The minimum atomic E-state index is -0.566. The lowest BCUT2D eigenvalue weighted by Gasteiger charge is -2.30. The predicted molar refractivity (Wildman–Crippen MR) is 78.4 cm³/mol. The zero-order valence-corrected chi connectivity index (χ0v) is 12.9. The molecule has 0 fully saturated rings. The first kappa shape index (κ1) is 15.4. The minimum absolute atomic E-state index is 0.0330. The van der Waals surface area contributed by atoms with Crippen molar-refractivity contribution >= 4 is 11.9 Å². The Bertz CT molecular complexity index is 547. The molecule has 0 spiro atoms. The van der Waals surface area contributed by atoms with E-state index in [9.17, 15) is 9.59 Å². The lowest BCUT2D eigenvalue weighted by Crippen LogP contribution is -2.43. The number of fused-ring (bicyclic) bond motifs is 1. The molecule has 21 heavy (non-hydrogen) atoms.